The van der Waals surface area contributed by atoms with E-state index in [2.05, 4.69) is 9.62 Å². The summed E-state index contributed by atoms with van der Waals surface area (Å²) >= 11 is 0. The van der Waals surface area contributed by atoms with Gasteiger partial charge >= 0.3 is 0 Å². The normalized spacial score (nSPS) is 16.9. The van der Waals surface area contributed by atoms with Gasteiger partial charge in [0.1, 0.15) is 0 Å². The Hall–Kier alpha value is -0.960. The zero-order chi connectivity index (χ0) is 18.7. The van der Waals surface area contributed by atoms with E-state index >= 15 is 0 Å². The Morgan fingerprint density at radius 3 is 2.20 bits per heavy atom. The fraction of sp³-hybridized carbons (Fsp3) is 0.647. The van der Waals surface area contributed by atoms with E-state index in [0.717, 1.165) is 32.3 Å². The van der Waals surface area contributed by atoms with Gasteiger partial charge in [0.25, 0.3) is 0 Å². The lowest BCUT2D eigenvalue weighted by atomic mass is 10.1. The van der Waals surface area contributed by atoms with Crippen LogP contribution in [-0.4, -0.2) is 54.2 Å². The number of benzene rings is 1. The molecule has 1 N–H and O–H groups in total. The maximum atomic E-state index is 12.6. The van der Waals surface area contributed by atoms with E-state index in [1.165, 1.54) is 38.3 Å². The summed E-state index contributed by atoms with van der Waals surface area (Å²) in [7, 11) is -7.21. The average molecular weight is 389 g/mol. The number of sulfone groups is 1. The minimum absolute atomic E-state index is 0.0471. The summed E-state index contributed by atoms with van der Waals surface area (Å²) in [5.41, 5.74) is 0.886. The van der Waals surface area contributed by atoms with Crippen LogP contribution in [0.4, 0.5) is 0 Å². The second kappa shape index (κ2) is 8.16. The van der Waals surface area contributed by atoms with E-state index in [9.17, 15) is 16.8 Å². The largest absolute Gasteiger partial charge is 0.303 e. The molecule has 0 saturated carbocycles. The van der Waals surface area contributed by atoms with Crippen molar-refractivity contribution in [3.8, 4) is 0 Å². The Balaban J connectivity index is 2.07. The Morgan fingerprint density at radius 2 is 1.60 bits per heavy atom. The van der Waals surface area contributed by atoms with Crippen LogP contribution >= 0.6 is 0 Å². The SMILES string of the molecule is Cc1cc(S(C)(=O)=O)c(C)c(S(=O)(=O)NCCCN2CCCCC2)c1. The highest BCUT2D eigenvalue weighted by Crippen LogP contribution is 2.24. The molecule has 0 unspecified atom stereocenters. The van der Waals surface area contributed by atoms with Gasteiger partial charge in [0.2, 0.25) is 10.0 Å². The van der Waals surface area contributed by atoms with Gasteiger partial charge in [-0.2, -0.15) is 0 Å². The molecule has 1 aliphatic heterocycles. The van der Waals surface area contributed by atoms with Gasteiger partial charge in [-0.1, -0.05) is 6.42 Å². The predicted molar refractivity (Wildman–Crippen MR) is 99.1 cm³/mol. The van der Waals surface area contributed by atoms with Crippen LogP contribution in [0.5, 0.6) is 0 Å². The summed E-state index contributed by atoms with van der Waals surface area (Å²) in [4.78, 5) is 2.48. The fourth-order valence-corrected chi connectivity index (χ4v) is 5.78. The quantitative estimate of drug-likeness (QED) is 0.721. The molecule has 0 aliphatic carbocycles. The molecule has 0 amide bonds. The van der Waals surface area contributed by atoms with Crippen molar-refractivity contribution in [2.75, 3.05) is 32.4 Å². The third kappa shape index (κ3) is 5.51. The molecule has 0 radical (unpaired) electrons. The molecular formula is C17H28N2O4S2. The second-order valence-corrected chi connectivity index (χ2v) is 10.5. The number of aryl methyl sites for hydroxylation is 1. The number of rotatable bonds is 7. The average Bonchev–Trinajstić information content (AvgIpc) is 2.53. The van der Waals surface area contributed by atoms with Crippen molar-refractivity contribution < 1.29 is 16.8 Å². The Bertz CT molecular complexity index is 811. The molecule has 1 heterocycles. The highest BCUT2D eigenvalue weighted by molar-refractivity contribution is 7.91. The summed E-state index contributed by atoms with van der Waals surface area (Å²) < 4.78 is 51.6. The highest BCUT2D eigenvalue weighted by Gasteiger charge is 2.22. The third-order valence-corrected chi connectivity index (χ3v) is 7.35. The first-order valence-corrected chi connectivity index (χ1v) is 12.0. The van der Waals surface area contributed by atoms with E-state index in [-0.39, 0.29) is 15.4 Å². The fourth-order valence-electron chi connectivity index (χ4n) is 3.23. The van der Waals surface area contributed by atoms with Crippen molar-refractivity contribution in [1.29, 1.82) is 0 Å². The monoisotopic (exact) mass is 388 g/mol. The number of piperidine rings is 1. The summed E-state index contributed by atoms with van der Waals surface area (Å²) in [6, 6.07) is 3.04. The standard InChI is InChI=1S/C17H28N2O4S2/c1-14-12-16(24(3,20)21)15(2)17(13-14)25(22,23)18-8-7-11-19-9-5-4-6-10-19/h12-13,18H,4-11H2,1-3H3. The summed E-state index contributed by atoms with van der Waals surface area (Å²) in [5, 5.41) is 0. The topological polar surface area (TPSA) is 83.5 Å². The lowest BCUT2D eigenvalue weighted by Crippen LogP contribution is -2.33. The van der Waals surface area contributed by atoms with Crippen LogP contribution in [0, 0.1) is 13.8 Å². The first-order valence-electron chi connectivity index (χ1n) is 8.64. The molecule has 2 rings (SSSR count). The molecule has 1 saturated heterocycles. The Labute approximate surface area is 151 Å². The summed E-state index contributed by atoms with van der Waals surface area (Å²) in [6.07, 6.45) is 5.53. The van der Waals surface area contributed by atoms with Gasteiger partial charge in [0.15, 0.2) is 9.84 Å². The van der Waals surface area contributed by atoms with Crippen LogP contribution < -0.4 is 4.72 Å². The number of nitrogens with one attached hydrogen (secondary N) is 1. The van der Waals surface area contributed by atoms with Gasteiger partial charge in [-0.05, 0) is 76.0 Å². The Morgan fingerprint density at radius 1 is 1.00 bits per heavy atom. The lowest BCUT2D eigenvalue weighted by Gasteiger charge is -2.26. The van der Waals surface area contributed by atoms with Crippen LogP contribution in [0.2, 0.25) is 0 Å². The molecule has 1 aromatic carbocycles. The predicted octanol–water partition coefficient (Wildman–Crippen LogP) is 1.86. The van der Waals surface area contributed by atoms with Crippen LogP contribution in [0.15, 0.2) is 21.9 Å². The minimum atomic E-state index is -3.73. The molecule has 0 atom stereocenters. The van der Waals surface area contributed by atoms with Gasteiger partial charge < -0.3 is 4.90 Å². The van der Waals surface area contributed by atoms with E-state index in [0.29, 0.717) is 12.1 Å². The summed E-state index contributed by atoms with van der Waals surface area (Å²) in [6.45, 7) is 6.63. The van der Waals surface area contributed by atoms with Gasteiger partial charge in [-0.15, -0.1) is 0 Å². The van der Waals surface area contributed by atoms with Gasteiger partial charge in [0.05, 0.1) is 9.79 Å². The third-order valence-electron chi connectivity index (χ3n) is 4.54. The van der Waals surface area contributed by atoms with Crippen LogP contribution in [0.3, 0.4) is 0 Å². The second-order valence-electron chi connectivity index (χ2n) is 6.81. The van der Waals surface area contributed by atoms with E-state index in [1.54, 1.807) is 6.92 Å². The van der Waals surface area contributed by atoms with Crippen molar-refractivity contribution in [2.45, 2.75) is 49.3 Å². The number of nitrogens with zero attached hydrogens (tertiary/aromatic N) is 1. The first kappa shape index (κ1) is 20.4. The molecule has 0 bridgehead atoms. The maximum Gasteiger partial charge on any atom is 0.240 e. The molecule has 6 nitrogen and oxygen atoms in total. The van der Waals surface area contributed by atoms with Crippen molar-refractivity contribution in [2.24, 2.45) is 0 Å². The minimum Gasteiger partial charge on any atom is -0.303 e. The smallest absolute Gasteiger partial charge is 0.240 e. The van der Waals surface area contributed by atoms with E-state index in [4.69, 9.17) is 0 Å². The van der Waals surface area contributed by atoms with Crippen LogP contribution in [0.1, 0.15) is 36.8 Å². The zero-order valence-corrected chi connectivity index (χ0v) is 16.8. The summed E-state index contributed by atoms with van der Waals surface area (Å²) in [5.74, 6) is 0. The molecule has 0 spiro atoms. The molecule has 1 fully saturated rings. The van der Waals surface area contributed by atoms with E-state index < -0.39 is 19.9 Å². The van der Waals surface area contributed by atoms with Crippen molar-refractivity contribution in [1.82, 2.24) is 9.62 Å². The molecular weight excluding hydrogens is 360 g/mol. The Kier molecular flexibility index (Phi) is 6.64. The van der Waals surface area contributed by atoms with Gasteiger partial charge in [0, 0.05) is 12.8 Å². The van der Waals surface area contributed by atoms with E-state index in [1.807, 2.05) is 0 Å². The zero-order valence-electron chi connectivity index (χ0n) is 15.2. The number of hydrogen-bond acceptors (Lipinski definition) is 5. The van der Waals surface area contributed by atoms with Gasteiger partial charge in [-0.25, -0.2) is 21.6 Å². The lowest BCUT2D eigenvalue weighted by molar-refractivity contribution is 0.227. The van der Waals surface area contributed by atoms with Crippen LogP contribution in [-0.2, 0) is 19.9 Å². The maximum absolute atomic E-state index is 12.6. The van der Waals surface area contributed by atoms with Crippen molar-refractivity contribution >= 4 is 19.9 Å². The molecule has 8 heteroatoms. The van der Waals surface area contributed by atoms with Crippen molar-refractivity contribution in [3.05, 3.63) is 23.3 Å². The first-order chi connectivity index (χ1) is 11.6. The van der Waals surface area contributed by atoms with Gasteiger partial charge in [-0.3, -0.25) is 0 Å². The number of hydrogen-bond donors (Lipinski definition) is 1. The molecule has 25 heavy (non-hydrogen) atoms. The molecule has 1 aliphatic rings. The number of likely N-dealkylation sites (tertiary alicyclic amines) is 1. The molecule has 1 aromatic rings. The molecule has 142 valence electrons. The molecule has 0 aromatic heterocycles. The van der Waals surface area contributed by atoms with Crippen molar-refractivity contribution in [3.63, 3.8) is 0 Å². The van der Waals surface area contributed by atoms with Crippen LogP contribution in [0.25, 0.3) is 0 Å². The number of sulfonamides is 1. The highest BCUT2D eigenvalue weighted by atomic mass is 32.2.